The van der Waals surface area contributed by atoms with Crippen LogP contribution in [-0.2, 0) is 27.1 Å². The summed E-state index contributed by atoms with van der Waals surface area (Å²) in [6, 6.07) is 0. The molecule has 1 fully saturated rings. The number of hydrogen-bond donors (Lipinski definition) is 0. The molecule has 7 heteroatoms. The van der Waals surface area contributed by atoms with Crippen LogP contribution in [-0.4, -0.2) is 42.6 Å². The minimum absolute atomic E-state index is 0.191. The molecular weight excluding hydrogens is 294 g/mol. The van der Waals surface area contributed by atoms with Crippen LogP contribution in [0.2, 0.25) is 0 Å². The van der Waals surface area contributed by atoms with Gasteiger partial charge < -0.3 is 9.47 Å². The van der Waals surface area contributed by atoms with Gasteiger partial charge in [0.1, 0.15) is 6.61 Å². The Labute approximate surface area is 125 Å². The number of cyclic esters (lactones) is 1. The number of imide groups is 1. The fourth-order valence-corrected chi connectivity index (χ4v) is 3.68. The number of amides is 2. The fourth-order valence-electron chi connectivity index (χ4n) is 2.57. The van der Waals surface area contributed by atoms with Crippen LogP contribution < -0.4 is 0 Å². The lowest BCUT2D eigenvalue weighted by Crippen LogP contribution is -2.35. The highest BCUT2D eigenvalue weighted by Gasteiger charge is 2.29. The highest BCUT2D eigenvalue weighted by Crippen LogP contribution is 2.30. The van der Waals surface area contributed by atoms with E-state index in [1.54, 1.807) is 16.7 Å². The van der Waals surface area contributed by atoms with Crippen molar-refractivity contribution in [3.05, 3.63) is 21.4 Å². The lowest BCUT2D eigenvalue weighted by atomic mass is 9.96. The van der Waals surface area contributed by atoms with Gasteiger partial charge in [0.15, 0.2) is 6.61 Å². The van der Waals surface area contributed by atoms with Gasteiger partial charge in [0.25, 0.3) is 5.91 Å². The Kier molecular flexibility index (Phi) is 3.92. The molecule has 112 valence electrons. The van der Waals surface area contributed by atoms with E-state index in [1.165, 1.54) is 4.88 Å². The number of fused-ring (bicyclic) bond motifs is 1. The SMILES string of the molecule is O=C(OCC(=O)N1CCOC1=O)c1csc2c1CCCC2. The van der Waals surface area contributed by atoms with Gasteiger partial charge in [-0.1, -0.05) is 0 Å². The largest absolute Gasteiger partial charge is 0.452 e. The standard InChI is InChI=1S/C14H15NO5S/c16-12(15-5-6-19-14(15)18)7-20-13(17)10-8-21-11-4-2-1-3-9(10)11/h8H,1-7H2. The summed E-state index contributed by atoms with van der Waals surface area (Å²) in [7, 11) is 0. The van der Waals surface area contributed by atoms with E-state index >= 15 is 0 Å². The van der Waals surface area contributed by atoms with Crippen molar-refractivity contribution in [1.82, 2.24) is 4.90 Å². The van der Waals surface area contributed by atoms with Gasteiger partial charge in [-0.05, 0) is 31.2 Å². The molecule has 1 aromatic rings. The van der Waals surface area contributed by atoms with E-state index in [0.717, 1.165) is 36.1 Å². The first-order valence-electron chi connectivity index (χ1n) is 6.90. The zero-order chi connectivity index (χ0) is 14.8. The molecular formula is C14H15NO5S. The van der Waals surface area contributed by atoms with Crippen molar-refractivity contribution >= 4 is 29.3 Å². The van der Waals surface area contributed by atoms with Crippen molar-refractivity contribution in [3.8, 4) is 0 Å². The van der Waals surface area contributed by atoms with Crippen molar-refractivity contribution in [2.24, 2.45) is 0 Å². The molecule has 3 rings (SSSR count). The summed E-state index contributed by atoms with van der Waals surface area (Å²) in [5, 5.41) is 1.80. The normalized spacial score (nSPS) is 17.3. The van der Waals surface area contributed by atoms with Crippen LogP contribution >= 0.6 is 11.3 Å². The second kappa shape index (κ2) is 5.85. The summed E-state index contributed by atoms with van der Waals surface area (Å²) in [4.78, 5) is 37.3. The number of thiophene rings is 1. The summed E-state index contributed by atoms with van der Waals surface area (Å²) in [5.41, 5.74) is 1.62. The molecule has 1 aliphatic carbocycles. The van der Waals surface area contributed by atoms with E-state index in [-0.39, 0.29) is 13.2 Å². The third kappa shape index (κ3) is 2.78. The third-order valence-electron chi connectivity index (χ3n) is 3.67. The molecule has 0 bridgehead atoms. The molecule has 21 heavy (non-hydrogen) atoms. The van der Waals surface area contributed by atoms with Gasteiger partial charge in [-0.3, -0.25) is 4.79 Å². The molecule has 0 saturated carbocycles. The number of esters is 1. The van der Waals surface area contributed by atoms with Crippen LogP contribution in [0.5, 0.6) is 0 Å². The summed E-state index contributed by atoms with van der Waals surface area (Å²) < 4.78 is 9.71. The van der Waals surface area contributed by atoms with Crippen molar-refractivity contribution in [1.29, 1.82) is 0 Å². The molecule has 6 nitrogen and oxygen atoms in total. The van der Waals surface area contributed by atoms with E-state index in [0.29, 0.717) is 5.56 Å². The maximum absolute atomic E-state index is 12.1. The van der Waals surface area contributed by atoms with Gasteiger partial charge >= 0.3 is 12.1 Å². The lowest BCUT2D eigenvalue weighted by Gasteiger charge is -2.13. The predicted octanol–water partition coefficient (Wildman–Crippen LogP) is 1.76. The van der Waals surface area contributed by atoms with Gasteiger partial charge in [-0.15, -0.1) is 11.3 Å². The Hall–Kier alpha value is -1.89. The van der Waals surface area contributed by atoms with Crippen molar-refractivity contribution in [2.45, 2.75) is 25.7 Å². The first kappa shape index (κ1) is 14.1. The Morgan fingerprint density at radius 1 is 1.33 bits per heavy atom. The molecule has 0 radical (unpaired) electrons. The number of nitrogens with zero attached hydrogens (tertiary/aromatic N) is 1. The van der Waals surface area contributed by atoms with Gasteiger partial charge in [-0.2, -0.15) is 0 Å². The zero-order valence-electron chi connectivity index (χ0n) is 11.4. The highest BCUT2D eigenvalue weighted by atomic mass is 32.1. The van der Waals surface area contributed by atoms with Crippen LogP contribution in [0.3, 0.4) is 0 Å². The number of hydrogen-bond acceptors (Lipinski definition) is 6. The van der Waals surface area contributed by atoms with E-state index < -0.39 is 24.6 Å². The fraction of sp³-hybridized carbons (Fsp3) is 0.500. The second-order valence-electron chi connectivity index (χ2n) is 4.99. The minimum atomic E-state index is -0.677. The van der Waals surface area contributed by atoms with Crippen molar-refractivity contribution < 1.29 is 23.9 Å². The first-order chi connectivity index (χ1) is 10.2. The zero-order valence-corrected chi connectivity index (χ0v) is 12.2. The Balaban J connectivity index is 1.60. The maximum Gasteiger partial charge on any atom is 0.416 e. The van der Waals surface area contributed by atoms with Gasteiger partial charge in [0, 0.05) is 10.3 Å². The molecule has 2 aliphatic rings. The van der Waals surface area contributed by atoms with E-state index in [2.05, 4.69) is 4.74 Å². The topological polar surface area (TPSA) is 72.9 Å². The van der Waals surface area contributed by atoms with Crippen LogP contribution in [0.1, 0.15) is 33.6 Å². The average molecular weight is 309 g/mol. The van der Waals surface area contributed by atoms with Gasteiger partial charge in [0.2, 0.25) is 0 Å². The maximum atomic E-state index is 12.1. The Morgan fingerprint density at radius 2 is 2.14 bits per heavy atom. The molecule has 0 spiro atoms. The number of carbonyl (C=O) groups excluding carboxylic acids is 3. The van der Waals surface area contributed by atoms with E-state index in [9.17, 15) is 14.4 Å². The number of carbonyl (C=O) groups is 3. The molecule has 1 aliphatic heterocycles. The van der Waals surface area contributed by atoms with Gasteiger partial charge in [-0.25, -0.2) is 14.5 Å². The van der Waals surface area contributed by atoms with Crippen LogP contribution in [0, 0.1) is 0 Å². The van der Waals surface area contributed by atoms with E-state index in [1.807, 2.05) is 0 Å². The number of ether oxygens (including phenoxy) is 2. The summed E-state index contributed by atoms with van der Waals surface area (Å²) in [6.45, 7) is -0.0296. The molecule has 0 N–H and O–H groups in total. The molecule has 1 aromatic heterocycles. The Bertz CT molecular complexity index is 594. The molecule has 0 unspecified atom stereocenters. The first-order valence-corrected chi connectivity index (χ1v) is 7.78. The average Bonchev–Trinajstić information content (AvgIpc) is 3.10. The molecule has 0 atom stereocenters. The van der Waals surface area contributed by atoms with Crippen molar-refractivity contribution in [2.75, 3.05) is 19.8 Å². The molecule has 0 aromatic carbocycles. The monoisotopic (exact) mass is 309 g/mol. The van der Waals surface area contributed by atoms with Crippen LogP contribution in [0.4, 0.5) is 4.79 Å². The quantitative estimate of drug-likeness (QED) is 0.796. The predicted molar refractivity (Wildman–Crippen MR) is 74.3 cm³/mol. The van der Waals surface area contributed by atoms with Gasteiger partial charge in [0.05, 0.1) is 12.1 Å². The third-order valence-corrected chi connectivity index (χ3v) is 4.76. The molecule has 2 amide bonds. The second-order valence-corrected chi connectivity index (χ2v) is 5.96. The molecule has 2 heterocycles. The van der Waals surface area contributed by atoms with E-state index in [4.69, 9.17) is 4.74 Å². The summed E-state index contributed by atoms with van der Waals surface area (Å²) in [5.74, 6) is -1.04. The van der Waals surface area contributed by atoms with Crippen molar-refractivity contribution in [3.63, 3.8) is 0 Å². The van der Waals surface area contributed by atoms with Crippen LogP contribution in [0.25, 0.3) is 0 Å². The molecule has 1 saturated heterocycles. The van der Waals surface area contributed by atoms with Crippen LogP contribution in [0.15, 0.2) is 5.38 Å². The Morgan fingerprint density at radius 3 is 2.90 bits per heavy atom. The lowest BCUT2D eigenvalue weighted by molar-refractivity contribution is -0.131. The summed E-state index contributed by atoms with van der Waals surface area (Å²) in [6.07, 6.45) is 3.44. The number of aryl methyl sites for hydroxylation is 1. The highest BCUT2D eigenvalue weighted by molar-refractivity contribution is 7.10. The minimum Gasteiger partial charge on any atom is -0.452 e. The smallest absolute Gasteiger partial charge is 0.416 e. The summed E-state index contributed by atoms with van der Waals surface area (Å²) >= 11 is 1.57. The number of rotatable bonds is 3.